The molecule has 1 atom stereocenters. The lowest BCUT2D eigenvalue weighted by Crippen LogP contribution is -2.55. The summed E-state index contributed by atoms with van der Waals surface area (Å²) in [6.07, 6.45) is 8.28. The first kappa shape index (κ1) is 14.1. The molecule has 0 aromatic carbocycles. The number of piperazine rings is 1. The maximum atomic E-state index is 12.3. The zero-order valence-electron chi connectivity index (χ0n) is 12.1. The van der Waals surface area contributed by atoms with Crippen molar-refractivity contribution in [1.29, 1.82) is 0 Å². The number of carbonyl (C=O) groups is 1. The van der Waals surface area contributed by atoms with Gasteiger partial charge >= 0.3 is 6.09 Å². The minimum absolute atomic E-state index is 0.133. The molecule has 4 heteroatoms. The molecule has 1 aliphatic heterocycles. The number of allylic oxidation sites excluding steroid dienone is 3. The lowest BCUT2D eigenvalue weighted by atomic mass is 9.95. The van der Waals surface area contributed by atoms with E-state index in [2.05, 4.69) is 23.5 Å². The molecule has 19 heavy (non-hydrogen) atoms. The van der Waals surface area contributed by atoms with E-state index in [0.29, 0.717) is 6.54 Å². The number of nitrogens with zero attached hydrogens (tertiary/aromatic N) is 1. The van der Waals surface area contributed by atoms with Crippen LogP contribution in [0.1, 0.15) is 33.6 Å². The average molecular weight is 264 g/mol. The van der Waals surface area contributed by atoms with Gasteiger partial charge in [0.15, 0.2) is 0 Å². The summed E-state index contributed by atoms with van der Waals surface area (Å²) >= 11 is 0. The number of ether oxygens (including phenoxy) is 1. The van der Waals surface area contributed by atoms with Gasteiger partial charge in [-0.2, -0.15) is 0 Å². The Morgan fingerprint density at radius 3 is 2.89 bits per heavy atom. The monoisotopic (exact) mass is 264 g/mol. The third-order valence-electron chi connectivity index (χ3n) is 3.35. The van der Waals surface area contributed by atoms with Crippen LogP contribution in [-0.4, -0.2) is 42.3 Å². The summed E-state index contributed by atoms with van der Waals surface area (Å²) in [5.74, 6) is 0. The molecular formula is C15H24N2O2. The first-order valence-corrected chi connectivity index (χ1v) is 7.03. The van der Waals surface area contributed by atoms with Crippen molar-refractivity contribution < 1.29 is 9.53 Å². The van der Waals surface area contributed by atoms with Crippen LogP contribution in [0.15, 0.2) is 23.8 Å². The van der Waals surface area contributed by atoms with Crippen LogP contribution in [-0.2, 0) is 4.74 Å². The second kappa shape index (κ2) is 5.78. The van der Waals surface area contributed by atoms with Gasteiger partial charge in [-0.15, -0.1) is 0 Å². The molecule has 0 bridgehead atoms. The largest absolute Gasteiger partial charge is 0.444 e. The Kier molecular flexibility index (Phi) is 4.30. The van der Waals surface area contributed by atoms with E-state index >= 15 is 0 Å². The molecule has 1 heterocycles. The SMILES string of the molecule is CC(C)(C)OC(=O)N1CCNCC1C1=CC=CCC1. The Hall–Kier alpha value is -1.29. The summed E-state index contributed by atoms with van der Waals surface area (Å²) in [6, 6.07) is 0.133. The fraction of sp³-hybridized carbons (Fsp3) is 0.667. The van der Waals surface area contributed by atoms with E-state index in [0.717, 1.165) is 25.9 Å². The lowest BCUT2D eigenvalue weighted by Gasteiger charge is -2.38. The molecule has 2 rings (SSSR count). The molecule has 106 valence electrons. The normalized spacial score (nSPS) is 24.1. The van der Waals surface area contributed by atoms with Crippen LogP contribution in [0.2, 0.25) is 0 Å². The Morgan fingerprint density at radius 1 is 1.47 bits per heavy atom. The average Bonchev–Trinajstić information content (AvgIpc) is 2.38. The number of amides is 1. The van der Waals surface area contributed by atoms with Gasteiger partial charge < -0.3 is 10.1 Å². The highest BCUT2D eigenvalue weighted by atomic mass is 16.6. The van der Waals surface area contributed by atoms with Crippen molar-refractivity contribution in [1.82, 2.24) is 10.2 Å². The molecule has 1 amide bonds. The third-order valence-corrected chi connectivity index (χ3v) is 3.35. The van der Waals surface area contributed by atoms with Crippen molar-refractivity contribution in [3.63, 3.8) is 0 Å². The molecule has 1 fully saturated rings. The second-order valence-corrected chi connectivity index (χ2v) is 6.10. The standard InChI is InChI=1S/C15H24N2O2/c1-15(2,3)19-14(18)17-10-9-16-11-13(17)12-7-5-4-6-8-12/h4-5,7,13,16H,6,8-11H2,1-3H3. The van der Waals surface area contributed by atoms with Gasteiger partial charge in [-0.3, -0.25) is 4.90 Å². The van der Waals surface area contributed by atoms with E-state index in [-0.39, 0.29) is 12.1 Å². The van der Waals surface area contributed by atoms with E-state index in [1.807, 2.05) is 25.7 Å². The van der Waals surface area contributed by atoms with E-state index in [1.165, 1.54) is 5.57 Å². The molecule has 0 saturated carbocycles. The highest BCUT2D eigenvalue weighted by Crippen LogP contribution is 2.23. The van der Waals surface area contributed by atoms with Crippen molar-refractivity contribution in [3.8, 4) is 0 Å². The van der Waals surface area contributed by atoms with E-state index in [1.54, 1.807) is 0 Å². The molecule has 1 unspecified atom stereocenters. The van der Waals surface area contributed by atoms with E-state index < -0.39 is 5.60 Å². The van der Waals surface area contributed by atoms with Gasteiger partial charge in [0, 0.05) is 19.6 Å². The van der Waals surface area contributed by atoms with Crippen LogP contribution in [0.5, 0.6) is 0 Å². The Labute approximate surface area is 115 Å². The number of hydrogen-bond donors (Lipinski definition) is 1. The minimum atomic E-state index is -0.437. The van der Waals surface area contributed by atoms with Gasteiger partial charge in [-0.05, 0) is 39.2 Å². The summed E-state index contributed by atoms with van der Waals surface area (Å²) < 4.78 is 5.51. The first-order valence-electron chi connectivity index (χ1n) is 7.03. The molecule has 1 aliphatic carbocycles. The Balaban J connectivity index is 2.09. The molecule has 0 aromatic heterocycles. The molecule has 4 nitrogen and oxygen atoms in total. The molecule has 0 aromatic rings. The van der Waals surface area contributed by atoms with Gasteiger partial charge in [0.2, 0.25) is 0 Å². The van der Waals surface area contributed by atoms with Gasteiger partial charge in [0.05, 0.1) is 6.04 Å². The quantitative estimate of drug-likeness (QED) is 0.791. The second-order valence-electron chi connectivity index (χ2n) is 6.10. The predicted molar refractivity (Wildman–Crippen MR) is 76.1 cm³/mol. The molecule has 2 aliphatic rings. The number of carbonyl (C=O) groups excluding carboxylic acids is 1. The number of nitrogens with one attached hydrogen (secondary N) is 1. The van der Waals surface area contributed by atoms with Gasteiger partial charge in [0.25, 0.3) is 0 Å². The van der Waals surface area contributed by atoms with Crippen LogP contribution in [0, 0.1) is 0 Å². The summed E-state index contributed by atoms with van der Waals surface area (Å²) in [6.45, 7) is 8.08. The summed E-state index contributed by atoms with van der Waals surface area (Å²) in [5, 5.41) is 3.37. The zero-order valence-corrected chi connectivity index (χ0v) is 12.1. The predicted octanol–water partition coefficient (Wildman–Crippen LogP) is 2.47. The highest BCUT2D eigenvalue weighted by Gasteiger charge is 2.32. The van der Waals surface area contributed by atoms with E-state index in [9.17, 15) is 4.79 Å². The van der Waals surface area contributed by atoms with E-state index in [4.69, 9.17) is 4.74 Å². The summed E-state index contributed by atoms with van der Waals surface area (Å²) in [4.78, 5) is 14.2. The van der Waals surface area contributed by atoms with Crippen molar-refractivity contribution in [2.24, 2.45) is 0 Å². The van der Waals surface area contributed by atoms with Crippen molar-refractivity contribution in [2.45, 2.75) is 45.3 Å². The number of rotatable bonds is 1. The molecule has 1 N–H and O–H groups in total. The molecule has 1 saturated heterocycles. The molecular weight excluding hydrogens is 240 g/mol. The fourth-order valence-electron chi connectivity index (χ4n) is 2.47. The van der Waals surface area contributed by atoms with Crippen LogP contribution in [0.4, 0.5) is 4.79 Å². The maximum absolute atomic E-state index is 12.3. The Bertz CT molecular complexity index is 393. The third kappa shape index (κ3) is 3.83. The minimum Gasteiger partial charge on any atom is -0.444 e. The van der Waals surface area contributed by atoms with Crippen molar-refractivity contribution >= 4 is 6.09 Å². The molecule has 0 spiro atoms. The van der Waals surface area contributed by atoms with Crippen LogP contribution in [0.3, 0.4) is 0 Å². The van der Waals surface area contributed by atoms with Gasteiger partial charge in [-0.1, -0.05) is 18.2 Å². The highest BCUT2D eigenvalue weighted by molar-refractivity contribution is 5.69. The lowest BCUT2D eigenvalue weighted by molar-refractivity contribution is 0.0154. The number of hydrogen-bond acceptors (Lipinski definition) is 3. The van der Waals surface area contributed by atoms with Gasteiger partial charge in [0.1, 0.15) is 5.60 Å². The van der Waals surface area contributed by atoms with Crippen LogP contribution in [0.25, 0.3) is 0 Å². The Morgan fingerprint density at radius 2 is 2.26 bits per heavy atom. The van der Waals surface area contributed by atoms with Crippen molar-refractivity contribution in [2.75, 3.05) is 19.6 Å². The zero-order chi connectivity index (χ0) is 13.9. The topological polar surface area (TPSA) is 41.6 Å². The smallest absolute Gasteiger partial charge is 0.410 e. The summed E-state index contributed by atoms with van der Waals surface area (Å²) in [5.41, 5.74) is 0.883. The van der Waals surface area contributed by atoms with Crippen LogP contribution >= 0.6 is 0 Å². The first-order chi connectivity index (χ1) is 8.97. The maximum Gasteiger partial charge on any atom is 0.410 e. The summed E-state index contributed by atoms with van der Waals surface area (Å²) in [7, 11) is 0. The fourth-order valence-corrected chi connectivity index (χ4v) is 2.47. The van der Waals surface area contributed by atoms with Gasteiger partial charge in [-0.25, -0.2) is 4.79 Å². The molecule has 0 radical (unpaired) electrons. The van der Waals surface area contributed by atoms with Crippen molar-refractivity contribution in [3.05, 3.63) is 23.8 Å². The van der Waals surface area contributed by atoms with Crippen LogP contribution < -0.4 is 5.32 Å².